The number of aromatic nitrogens is 2. The Hall–Kier alpha value is -2.80. The van der Waals surface area contributed by atoms with E-state index in [1.54, 1.807) is 4.90 Å². The number of nitrogens with one attached hydrogen (secondary N) is 1. The number of carbonyl (C=O) groups excluding carboxylic acids is 2. The Balaban J connectivity index is 1.67. The van der Waals surface area contributed by atoms with Crippen molar-refractivity contribution in [2.24, 2.45) is 0 Å². The highest BCUT2D eigenvalue weighted by atomic mass is 16.6. The van der Waals surface area contributed by atoms with E-state index in [9.17, 15) is 29.7 Å². The number of aliphatic hydroxyl groups is 3. The van der Waals surface area contributed by atoms with Crippen LogP contribution >= 0.6 is 0 Å². The quantitative estimate of drug-likeness (QED) is 0.415. The van der Waals surface area contributed by atoms with E-state index < -0.39 is 42.9 Å². The van der Waals surface area contributed by atoms with Crippen LogP contribution in [0.5, 0.6) is 0 Å². The molecule has 0 bridgehead atoms. The van der Waals surface area contributed by atoms with Crippen molar-refractivity contribution in [3.63, 3.8) is 0 Å². The summed E-state index contributed by atoms with van der Waals surface area (Å²) in [5.41, 5.74) is -0.632. The van der Waals surface area contributed by atoms with Crippen molar-refractivity contribution in [1.82, 2.24) is 14.5 Å². The molecule has 3 rings (SSSR count). The molecule has 0 radical (unpaired) electrons. The summed E-state index contributed by atoms with van der Waals surface area (Å²) < 4.78 is 11.3. The number of amides is 2. The third-order valence-electron chi connectivity index (χ3n) is 4.98. The molecule has 4 atom stereocenters. The number of rotatable bonds is 7. The van der Waals surface area contributed by atoms with Crippen molar-refractivity contribution in [1.29, 1.82) is 0 Å². The third kappa shape index (κ3) is 4.51. The molecule has 2 saturated heterocycles. The molecule has 1 aromatic heterocycles. The van der Waals surface area contributed by atoms with Gasteiger partial charge in [-0.2, -0.15) is 4.98 Å². The van der Waals surface area contributed by atoms with Crippen molar-refractivity contribution >= 4 is 23.9 Å². The molecule has 0 aliphatic carbocycles. The predicted molar refractivity (Wildman–Crippen MR) is 102 cm³/mol. The van der Waals surface area contributed by atoms with Crippen LogP contribution in [0.3, 0.4) is 0 Å². The highest BCUT2D eigenvalue weighted by Gasteiger charge is 2.44. The first-order chi connectivity index (χ1) is 14.3. The molecule has 2 aliphatic heterocycles. The van der Waals surface area contributed by atoms with E-state index in [1.807, 2.05) is 0 Å². The maximum atomic E-state index is 12.4. The van der Waals surface area contributed by atoms with Gasteiger partial charge in [0.05, 0.1) is 13.2 Å². The molecule has 2 amide bonds. The molecule has 4 N–H and O–H groups in total. The van der Waals surface area contributed by atoms with Crippen LogP contribution < -0.4 is 11.0 Å². The Morgan fingerprint density at radius 2 is 2.17 bits per heavy atom. The second-order valence-corrected chi connectivity index (χ2v) is 6.91. The summed E-state index contributed by atoms with van der Waals surface area (Å²) in [6.45, 7) is 3.95. The minimum absolute atomic E-state index is 0.0133. The summed E-state index contributed by atoms with van der Waals surface area (Å²) in [6.07, 6.45) is -2.18. The lowest BCUT2D eigenvalue weighted by Crippen LogP contribution is -2.36. The lowest BCUT2D eigenvalue weighted by atomic mass is 10.1. The van der Waals surface area contributed by atoms with Gasteiger partial charge in [0, 0.05) is 24.7 Å². The first-order valence-electron chi connectivity index (χ1n) is 9.45. The Morgan fingerprint density at radius 1 is 1.40 bits per heavy atom. The van der Waals surface area contributed by atoms with Gasteiger partial charge in [-0.25, -0.2) is 9.59 Å². The van der Waals surface area contributed by atoms with Crippen LogP contribution in [-0.2, 0) is 14.3 Å². The molecule has 30 heavy (non-hydrogen) atoms. The lowest BCUT2D eigenvalue weighted by molar-refractivity contribution is -0.128. The minimum Gasteiger partial charge on any atom is -0.447 e. The van der Waals surface area contributed by atoms with Crippen molar-refractivity contribution in [2.45, 2.75) is 37.4 Å². The van der Waals surface area contributed by atoms with Crippen LogP contribution in [0, 0.1) is 0 Å². The maximum Gasteiger partial charge on any atom is 0.412 e. The molecule has 12 heteroatoms. The van der Waals surface area contributed by atoms with Gasteiger partial charge in [-0.05, 0) is 6.42 Å². The summed E-state index contributed by atoms with van der Waals surface area (Å²) >= 11 is 0. The first-order valence-corrected chi connectivity index (χ1v) is 9.45. The normalized spacial score (nSPS) is 26.1. The molecular formula is C18H24N4O8. The zero-order chi connectivity index (χ0) is 21.8. The van der Waals surface area contributed by atoms with Crippen LogP contribution in [0.15, 0.2) is 17.6 Å². The number of aliphatic hydroxyl groups excluding tert-OH is 3. The van der Waals surface area contributed by atoms with Gasteiger partial charge < -0.3 is 29.7 Å². The molecule has 2 aliphatic rings. The summed E-state index contributed by atoms with van der Waals surface area (Å²) in [5.74, 6) is -0.0941. The predicted octanol–water partition coefficient (Wildman–Crippen LogP) is -1.33. The summed E-state index contributed by atoms with van der Waals surface area (Å²) in [4.78, 5) is 41.3. The van der Waals surface area contributed by atoms with Crippen LogP contribution in [0.1, 0.15) is 24.6 Å². The van der Waals surface area contributed by atoms with Gasteiger partial charge in [-0.1, -0.05) is 12.7 Å². The molecular weight excluding hydrogens is 400 g/mol. The van der Waals surface area contributed by atoms with E-state index >= 15 is 0 Å². The number of anilines is 1. The summed E-state index contributed by atoms with van der Waals surface area (Å²) in [6, 6.07) is 0. The van der Waals surface area contributed by atoms with Gasteiger partial charge in [0.2, 0.25) is 5.91 Å². The molecule has 164 valence electrons. The fraction of sp³-hybridized carbons (Fsp3) is 0.556. The van der Waals surface area contributed by atoms with E-state index in [0.29, 0.717) is 13.0 Å². The van der Waals surface area contributed by atoms with Crippen LogP contribution in [0.2, 0.25) is 0 Å². The van der Waals surface area contributed by atoms with Gasteiger partial charge >= 0.3 is 11.8 Å². The highest BCUT2D eigenvalue weighted by Crippen LogP contribution is 2.28. The second-order valence-electron chi connectivity index (χ2n) is 6.91. The SMILES string of the molecule is C=Cc1cn(C2O[C@H](CO)[C@@H](O)[C@H]2O)c(=O)nc1NC(=O)OCCN1CCCC1=O. The average Bonchev–Trinajstić information content (AvgIpc) is 3.25. The molecule has 1 aromatic rings. The van der Waals surface area contributed by atoms with Crippen molar-refractivity contribution in [3.8, 4) is 0 Å². The molecule has 3 heterocycles. The van der Waals surface area contributed by atoms with Crippen LogP contribution in [0.25, 0.3) is 6.08 Å². The zero-order valence-electron chi connectivity index (χ0n) is 16.1. The van der Waals surface area contributed by atoms with E-state index in [1.165, 1.54) is 12.3 Å². The second kappa shape index (κ2) is 9.34. The smallest absolute Gasteiger partial charge is 0.412 e. The Labute approximate surface area is 171 Å². The van der Waals surface area contributed by atoms with Crippen LogP contribution in [-0.4, -0.2) is 86.4 Å². The first kappa shape index (κ1) is 21.9. The molecule has 2 fully saturated rings. The largest absolute Gasteiger partial charge is 0.447 e. The Kier molecular flexibility index (Phi) is 6.82. The van der Waals surface area contributed by atoms with Crippen molar-refractivity contribution in [3.05, 3.63) is 28.8 Å². The molecule has 12 nitrogen and oxygen atoms in total. The van der Waals surface area contributed by atoms with Gasteiger partial charge in [0.15, 0.2) is 6.23 Å². The number of hydrogen-bond donors (Lipinski definition) is 4. The topological polar surface area (TPSA) is 163 Å². The number of likely N-dealkylation sites (tertiary alicyclic amines) is 1. The zero-order valence-corrected chi connectivity index (χ0v) is 16.1. The maximum absolute atomic E-state index is 12.4. The van der Waals surface area contributed by atoms with Gasteiger partial charge in [0.25, 0.3) is 0 Å². The fourth-order valence-corrected chi connectivity index (χ4v) is 3.35. The van der Waals surface area contributed by atoms with Crippen molar-refractivity contribution in [2.75, 3.05) is 31.6 Å². The molecule has 1 unspecified atom stereocenters. The minimum atomic E-state index is -1.46. The highest BCUT2D eigenvalue weighted by molar-refractivity contribution is 5.86. The number of carbonyl (C=O) groups is 2. The van der Waals surface area contributed by atoms with Crippen LogP contribution in [0.4, 0.5) is 10.6 Å². The Morgan fingerprint density at radius 3 is 2.77 bits per heavy atom. The summed E-state index contributed by atoms with van der Waals surface area (Å²) in [5, 5.41) is 31.5. The van der Waals surface area contributed by atoms with Gasteiger partial charge in [0.1, 0.15) is 30.7 Å². The van der Waals surface area contributed by atoms with Gasteiger partial charge in [-0.3, -0.25) is 14.7 Å². The monoisotopic (exact) mass is 424 g/mol. The van der Waals surface area contributed by atoms with Gasteiger partial charge in [-0.15, -0.1) is 0 Å². The van der Waals surface area contributed by atoms with E-state index in [2.05, 4.69) is 16.9 Å². The number of ether oxygens (including phenoxy) is 2. The van der Waals surface area contributed by atoms with Crippen molar-refractivity contribution < 1.29 is 34.4 Å². The third-order valence-corrected chi connectivity index (χ3v) is 4.98. The standard InChI is InChI=1S/C18H24N4O8/c1-2-10-8-22(16-14(26)13(25)11(9-23)30-16)17(27)19-15(10)20-18(28)29-7-6-21-5-3-4-12(21)24/h2,8,11,13-14,16,23,25-26H,1,3-7,9H2,(H,19,20,27,28)/t11-,13-,14-,16?/m1/s1. The Bertz CT molecular complexity index is 872. The summed E-state index contributed by atoms with van der Waals surface area (Å²) in [7, 11) is 0. The van der Waals surface area contributed by atoms with E-state index in [-0.39, 0.29) is 30.4 Å². The number of nitrogens with zero attached hydrogens (tertiary/aromatic N) is 3. The molecule has 0 saturated carbocycles. The average molecular weight is 424 g/mol. The van der Waals surface area contributed by atoms with E-state index in [4.69, 9.17) is 9.47 Å². The molecule has 0 spiro atoms. The number of hydrogen-bond acceptors (Lipinski definition) is 9. The van der Waals surface area contributed by atoms with E-state index in [0.717, 1.165) is 11.0 Å². The fourth-order valence-electron chi connectivity index (χ4n) is 3.35. The lowest BCUT2D eigenvalue weighted by Gasteiger charge is -2.19. The molecule has 0 aromatic carbocycles.